The van der Waals surface area contributed by atoms with Crippen LogP contribution in [0.2, 0.25) is 0 Å². The Hall–Kier alpha value is -1.38. The van der Waals surface area contributed by atoms with Crippen LogP contribution in [0.5, 0.6) is 11.5 Å². The van der Waals surface area contributed by atoms with E-state index in [1.165, 1.54) is 0 Å². The fraction of sp³-hybridized carbons (Fsp3) is 0.667. The van der Waals surface area contributed by atoms with Crippen molar-refractivity contribution < 1.29 is 28.8 Å². The zero-order valence-corrected chi connectivity index (χ0v) is 15.7. The van der Waals surface area contributed by atoms with Crippen LogP contribution in [-0.2, 0) is 20.8 Å². The summed E-state index contributed by atoms with van der Waals surface area (Å²) in [6.45, 7) is 3.88. The average molecular weight is 357 g/mol. The van der Waals surface area contributed by atoms with Crippen molar-refractivity contribution in [2.45, 2.75) is 12.7 Å². The van der Waals surface area contributed by atoms with E-state index in [-0.39, 0.29) is 6.61 Å². The smallest absolute Gasteiger partial charge is 0.161 e. The minimum absolute atomic E-state index is 0.255. The summed E-state index contributed by atoms with van der Waals surface area (Å²) >= 11 is 0. The molecule has 144 valence electrons. The highest BCUT2D eigenvalue weighted by molar-refractivity contribution is 5.42. The molecule has 0 radical (unpaired) electrons. The molecule has 7 heteroatoms. The van der Waals surface area contributed by atoms with Crippen molar-refractivity contribution in [1.82, 2.24) is 4.90 Å². The van der Waals surface area contributed by atoms with Crippen molar-refractivity contribution in [2.75, 3.05) is 67.9 Å². The molecule has 0 fully saturated rings. The second kappa shape index (κ2) is 12.9. The normalized spacial score (nSPS) is 12.4. The lowest BCUT2D eigenvalue weighted by atomic mass is 10.2. The quantitative estimate of drug-likeness (QED) is 0.536. The molecule has 0 aliphatic heterocycles. The van der Waals surface area contributed by atoms with E-state index < -0.39 is 6.10 Å². The molecule has 1 N–H and O–H groups in total. The third kappa shape index (κ3) is 8.51. The minimum atomic E-state index is -0.575. The predicted molar refractivity (Wildman–Crippen MR) is 95.4 cm³/mol. The molecule has 0 saturated carbocycles. The Morgan fingerprint density at radius 3 is 2.16 bits per heavy atom. The largest absolute Gasteiger partial charge is 0.493 e. The fourth-order valence-electron chi connectivity index (χ4n) is 2.37. The number of rotatable bonds is 14. The van der Waals surface area contributed by atoms with Gasteiger partial charge >= 0.3 is 0 Å². The fourth-order valence-corrected chi connectivity index (χ4v) is 2.37. The van der Waals surface area contributed by atoms with Crippen LogP contribution in [0.3, 0.4) is 0 Å². The molecule has 25 heavy (non-hydrogen) atoms. The zero-order valence-electron chi connectivity index (χ0n) is 15.7. The van der Waals surface area contributed by atoms with Crippen molar-refractivity contribution >= 4 is 0 Å². The molecule has 1 unspecified atom stereocenters. The Morgan fingerprint density at radius 1 is 0.960 bits per heavy atom. The molecule has 1 aromatic rings. The highest BCUT2D eigenvalue weighted by Crippen LogP contribution is 2.27. The minimum Gasteiger partial charge on any atom is -0.493 e. The van der Waals surface area contributed by atoms with Crippen LogP contribution < -0.4 is 9.47 Å². The summed E-state index contributed by atoms with van der Waals surface area (Å²) in [5.74, 6) is 1.34. The molecule has 0 bridgehead atoms. The molecule has 0 spiro atoms. The number of ether oxygens (including phenoxy) is 5. The number of methoxy groups -OCH3 is 4. The number of hydrogen-bond donors (Lipinski definition) is 1. The molecule has 1 aromatic carbocycles. The van der Waals surface area contributed by atoms with E-state index in [1.807, 2.05) is 18.2 Å². The van der Waals surface area contributed by atoms with Gasteiger partial charge in [0.15, 0.2) is 11.5 Å². The molecule has 0 heterocycles. The van der Waals surface area contributed by atoms with Crippen LogP contribution in [0, 0.1) is 0 Å². The summed E-state index contributed by atoms with van der Waals surface area (Å²) in [6.07, 6.45) is -0.575. The van der Waals surface area contributed by atoms with Gasteiger partial charge in [-0.15, -0.1) is 0 Å². The van der Waals surface area contributed by atoms with Gasteiger partial charge in [-0.05, 0) is 17.7 Å². The monoisotopic (exact) mass is 357 g/mol. The number of nitrogens with zero attached hydrogens (tertiary/aromatic N) is 1. The lowest BCUT2D eigenvalue weighted by Crippen LogP contribution is -2.38. The van der Waals surface area contributed by atoms with E-state index in [0.29, 0.717) is 37.9 Å². The molecule has 0 saturated heterocycles. The second-order valence-electron chi connectivity index (χ2n) is 5.64. The Labute approximate surface area is 150 Å². The van der Waals surface area contributed by atoms with Crippen LogP contribution in [0.15, 0.2) is 18.2 Å². The number of hydrogen-bond acceptors (Lipinski definition) is 7. The molecular formula is C18H31NO6. The van der Waals surface area contributed by atoms with Crippen molar-refractivity contribution in [3.05, 3.63) is 23.8 Å². The lowest BCUT2D eigenvalue weighted by Gasteiger charge is -2.24. The average Bonchev–Trinajstić information content (AvgIpc) is 2.63. The maximum Gasteiger partial charge on any atom is 0.161 e. The molecular weight excluding hydrogens is 326 g/mol. The predicted octanol–water partition coefficient (Wildman–Crippen LogP) is 1.18. The van der Waals surface area contributed by atoms with Crippen molar-refractivity contribution in [3.63, 3.8) is 0 Å². The molecule has 0 aliphatic rings. The molecule has 1 atom stereocenters. The first-order valence-corrected chi connectivity index (χ1v) is 8.31. The first-order valence-electron chi connectivity index (χ1n) is 8.31. The summed E-state index contributed by atoms with van der Waals surface area (Å²) in [5.41, 5.74) is 0.959. The Balaban J connectivity index is 2.40. The number of benzene rings is 1. The molecule has 0 amide bonds. The van der Waals surface area contributed by atoms with E-state index in [2.05, 4.69) is 4.90 Å². The molecule has 0 aliphatic carbocycles. The number of aliphatic hydroxyl groups is 1. The summed E-state index contributed by atoms with van der Waals surface area (Å²) in [7, 11) is 6.53. The second-order valence-corrected chi connectivity index (χ2v) is 5.64. The van der Waals surface area contributed by atoms with E-state index in [1.54, 1.807) is 28.4 Å². The molecule has 7 nitrogen and oxygen atoms in total. The Kier molecular flexibility index (Phi) is 11.2. The van der Waals surface area contributed by atoms with Gasteiger partial charge in [0.2, 0.25) is 0 Å². The van der Waals surface area contributed by atoms with Crippen molar-refractivity contribution in [2.24, 2.45) is 0 Å². The van der Waals surface area contributed by atoms with Gasteiger partial charge in [-0.1, -0.05) is 6.07 Å². The van der Waals surface area contributed by atoms with Gasteiger partial charge in [0.05, 0.1) is 46.8 Å². The van der Waals surface area contributed by atoms with Gasteiger partial charge in [-0.2, -0.15) is 0 Å². The van der Waals surface area contributed by atoms with Crippen molar-refractivity contribution in [3.8, 4) is 11.5 Å². The van der Waals surface area contributed by atoms with E-state index in [4.69, 9.17) is 23.7 Å². The first-order chi connectivity index (χ1) is 12.1. The maximum absolute atomic E-state index is 10.2. The van der Waals surface area contributed by atoms with E-state index >= 15 is 0 Å². The van der Waals surface area contributed by atoms with E-state index in [0.717, 1.165) is 18.7 Å². The van der Waals surface area contributed by atoms with Crippen LogP contribution in [0.4, 0.5) is 0 Å². The van der Waals surface area contributed by atoms with Gasteiger partial charge in [0.1, 0.15) is 0 Å². The Morgan fingerprint density at radius 2 is 1.60 bits per heavy atom. The van der Waals surface area contributed by atoms with Gasteiger partial charge in [-0.25, -0.2) is 0 Å². The highest BCUT2D eigenvalue weighted by Gasteiger charge is 2.12. The first kappa shape index (κ1) is 21.7. The van der Waals surface area contributed by atoms with Gasteiger partial charge in [-0.3, -0.25) is 4.90 Å². The summed E-state index contributed by atoms with van der Waals surface area (Å²) in [4.78, 5) is 2.09. The third-order valence-corrected chi connectivity index (χ3v) is 3.72. The SMILES string of the molecule is COCCN(CCOC)CC(O)COCc1ccc(OC)c(OC)c1. The number of aliphatic hydroxyl groups excluding tert-OH is 1. The highest BCUT2D eigenvalue weighted by atomic mass is 16.5. The lowest BCUT2D eigenvalue weighted by molar-refractivity contribution is 0.00232. The summed E-state index contributed by atoms with van der Waals surface area (Å²) in [5, 5.41) is 10.2. The van der Waals surface area contributed by atoms with Crippen LogP contribution in [0.25, 0.3) is 0 Å². The van der Waals surface area contributed by atoms with Gasteiger partial charge in [0, 0.05) is 33.9 Å². The standard InChI is InChI=1S/C18H31NO6/c1-21-9-7-19(8-10-22-2)12-16(20)14-25-13-15-5-6-17(23-3)18(11-15)24-4/h5-6,11,16,20H,7-10,12-14H2,1-4H3. The zero-order chi connectivity index (χ0) is 18.5. The van der Waals surface area contributed by atoms with Gasteiger partial charge < -0.3 is 28.8 Å². The van der Waals surface area contributed by atoms with Crippen molar-refractivity contribution in [1.29, 1.82) is 0 Å². The Bertz CT molecular complexity index is 463. The van der Waals surface area contributed by atoms with Crippen LogP contribution in [-0.4, -0.2) is 84.0 Å². The summed E-state index contributed by atoms with van der Waals surface area (Å²) in [6, 6.07) is 5.62. The maximum atomic E-state index is 10.2. The molecule has 1 rings (SSSR count). The van der Waals surface area contributed by atoms with Crippen LogP contribution >= 0.6 is 0 Å². The van der Waals surface area contributed by atoms with E-state index in [9.17, 15) is 5.11 Å². The summed E-state index contributed by atoms with van der Waals surface area (Å²) < 4.78 is 26.3. The van der Waals surface area contributed by atoms with Gasteiger partial charge in [0.25, 0.3) is 0 Å². The third-order valence-electron chi connectivity index (χ3n) is 3.72. The molecule has 0 aromatic heterocycles. The van der Waals surface area contributed by atoms with Crippen LogP contribution in [0.1, 0.15) is 5.56 Å². The topological polar surface area (TPSA) is 69.6 Å².